The number of benzene rings is 1. The molecule has 104 valence electrons. The number of methoxy groups -OCH3 is 1. The molecule has 0 spiro atoms. The minimum Gasteiger partial charge on any atom is -0.396 e. The molecule has 2 rings (SSSR count). The van der Waals surface area contributed by atoms with Gasteiger partial charge in [0, 0.05) is 17.6 Å². The molecule has 0 radical (unpaired) electrons. The van der Waals surface area contributed by atoms with E-state index in [9.17, 15) is 9.18 Å². The molecule has 0 bridgehead atoms. The first-order valence-corrected chi connectivity index (χ1v) is 6.88. The first-order chi connectivity index (χ1) is 9.01. The summed E-state index contributed by atoms with van der Waals surface area (Å²) in [6.07, 6.45) is 2.83. The van der Waals surface area contributed by atoms with E-state index in [1.54, 1.807) is 7.11 Å². The van der Waals surface area contributed by atoms with Gasteiger partial charge in [0.25, 0.3) is 5.91 Å². The molecule has 4 nitrogen and oxygen atoms in total. The highest BCUT2D eigenvalue weighted by atomic mass is 79.9. The molecular formula is C13H16BrFN2O2. The number of carbonyl (C=O) groups is 1. The van der Waals surface area contributed by atoms with Gasteiger partial charge in [-0.2, -0.15) is 0 Å². The first-order valence-electron chi connectivity index (χ1n) is 6.09. The van der Waals surface area contributed by atoms with Gasteiger partial charge in [0.2, 0.25) is 0 Å². The Morgan fingerprint density at radius 2 is 2.26 bits per heavy atom. The summed E-state index contributed by atoms with van der Waals surface area (Å²) in [4.78, 5) is 12.1. The molecule has 1 saturated carbocycles. The van der Waals surface area contributed by atoms with Crippen LogP contribution < -0.4 is 11.1 Å². The summed E-state index contributed by atoms with van der Waals surface area (Å²) in [6, 6.07) is 2.64. The molecule has 1 amide bonds. The number of amides is 1. The van der Waals surface area contributed by atoms with E-state index < -0.39 is 5.82 Å². The third-order valence-corrected chi connectivity index (χ3v) is 4.04. The van der Waals surface area contributed by atoms with E-state index >= 15 is 0 Å². The molecule has 1 aromatic carbocycles. The van der Waals surface area contributed by atoms with Crippen LogP contribution in [0.15, 0.2) is 16.6 Å². The number of nitrogen functional groups attached to an aromatic ring is 1. The Labute approximate surface area is 119 Å². The Kier molecular flexibility index (Phi) is 4.42. The van der Waals surface area contributed by atoms with Crippen molar-refractivity contribution in [3.8, 4) is 0 Å². The van der Waals surface area contributed by atoms with E-state index in [1.807, 2.05) is 0 Å². The van der Waals surface area contributed by atoms with E-state index in [0.717, 1.165) is 19.3 Å². The second kappa shape index (κ2) is 5.88. The minimum absolute atomic E-state index is 0.0328. The predicted molar refractivity (Wildman–Crippen MR) is 74.4 cm³/mol. The number of nitrogens with one attached hydrogen (secondary N) is 1. The molecule has 0 aliphatic heterocycles. The number of carbonyl (C=O) groups excluding carboxylic acids is 1. The smallest absolute Gasteiger partial charge is 0.252 e. The number of halogens is 2. The third-order valence-electron chi connectivity index (χ3n) is 3.38. The van der Waals surface area contributed by atoms with Gasteiger partial charge in [0.05, 0.1) is 17.4 Å². The fourth-order valence-corrected chi connectivity index (χ4v) is 2.78. The van der Waals surface area contributed by atoms with Gasteiger partial charge in [-0.05, 0) is 47.3 Å². The van der Waals surface area contributed by atoms with Crippen LogP contribution in [0, 0.1) is 5.82 Å². The lowest BCUT2D eigenvalue weighted by Gasteiger charge is -2.14. The maximum Gasteiger partial charge on any atom is 0.252 e. The Hall–Kier alpha value is -1.14. The van der Waals surface area contributed by atoms with Crippen LogP contribution in [0.5, 0.6) is 0 Å². The van der Waals surface area contributed by atoms with Gasteiger partial charge in [-0.25, -0.2) is 4.39 Å². The maximum absolute atomic E-state index is 13.2. The lowest BCUT2D eigenvalue weighted by molar-refractivity contribution is 0.0914. The molecule has 0 aromatic heterocycles. The molecular weight excluding hydrogens is 315 g/mol. The van der Waals surface area contributed by atoms with Crippen LogP contribution in [0.1, 0.15) is 29.6 Å². The topological polar surface area (TPSA) is 64.3 Å². The number of nitrogens with two attached hydrogens (primary N) is 1. The third kappa shape index (κ3) is 3.25. The Morgan fingerprint density at radius 3 is 2.89 bits per heavy atom. The molecule has 1 aliphatic rings. The van der Waals surface area contributed by atoms with Crippen molar-refractivity contribution in [3.05, 3.63) is 28.0 Å². The average Bonchev–Trinajstić information content (AvgIpc) is 2.81. The number of anilines is 1. The molecule has 0 saturated heterocycles. The van der Waals surface area contributed by atoms with Crippen molar-refractivity contribution in [2.45, 2.75) is 31.4 Å². The lowest BCUT2D eigenvalue weighted by Crippen LogP contribution is -2.33. The van der Waals surface area contributed by atoms with Crippen LogP contribution >= 0.6 is 15.9 Å². The largest absolute Gasteiger partial charge is 0.396 e. The summed E-state index contributed by atoms with van der Waals surface area (Å²) in [6.45, 7) is 0. The fourth-order valence-electron chi connectivity index (χ4n) is 2.29. The molecule has 1 aliphatic carbocycles. The average molecular weight is 331 g/mol. The molecule has 2 atom stereocenters. The SMILES string of the molecule is COC1CCC(NC(=O)c2cc(N)c(F)cc2Br)C1. The van der Waals surface area contributed by atoms with E-state index in [4.69, 9.17) is 10.5 Å². The zero-order chi connectivity index (χ0) is 14.0. The van der Waals surface area contributed by atoms with Crippen molar-refractivity contribution < 1.29 is 13.9 Å². The summed E-state index contributed by atoms with van der Waals surface area (Å²) in [5.41, 5.74) is 5.80. The van der Waals surface area contributed by atoms with Gasteiger partial charge >= 0.3 is 0 Å². The van der Waals surface area contributed by atoms with Gasteiger partial charge in [0.1, 0.15) is 5.82 Å². The molecule has 3 N–H and O–H groups in total. The summed E-state index contributed by atoms with van der Waals surface area (Å²) in [7, 11) is 1.67. The molecule has 0 heterocycles. The molecule has 2 unspecified atom stereocenters. The summed E-state index contributed by atoms with van der Waals surface area (Å²) in [5, 5.41) is 2.92. The van der Waals surface area contributed by atoms with E-state index in [1.165, 1.54) is 12.1 Å². The molecule has 1 aromatic rings. The second-order valence-corrected chi connectivity index (χ2v) is 5.55. The van der Waals surface area contributed by atoms with Gasteiger partial charge in [0.15, 0.2) is 0 Å². The minimum atomic E-state index is -0.538. The number of rotatable bonds is 3. The molecule has 19 heavy (non-hydrogen) atoms. The van der Waals surface area contributed by atoms with Crippen molar-refractivity contribution in [3.63, 3.8) is 0 Å². The van der Waals surface area contributed by atoms with E-state index in [0.29, 0.717) is 10.0 Å². The van der Waals surface area contributed by atoms with Crippen molar-refractivity contribution in [2.24, 2.45) is 0 Å². The van der Waals surface area contributed by atoms with Gasteiger partial charge in [-0.15, -0.1) is 0 Å². The van der Waals surface area contributed by atoms with Gasteiger partial charge in [-0.1, -0.05) is 0 Å². The quantitative estimate of drug-likeness (QED) is 0.837. The predicted octanol–water partition coefficient (Wildman–Crippen LogP) is 2.47. The van der Waals surface area contributed by atoms with Crippen LogP contribution in [0.2, 0.25) is 0 Å². The lowest BCUT2D eigenvalue weighted by atomic mass is 10.1. The highest BCUT2D eigenvalue weighted by Crippen LogP contribution is 2.25. The zero-order valence-corrected chi connectivity index (χ0v) is 12.2. The standard InChI is InChI=1S/C13H16BrFN2O2/c1-19-8-3-2-7(4-8)17-13(18)9-5-12(16)11(15)6-10(9)14/h5-8H,2-4,16H2,1H3,(H,17,18). The monoisotopic (exact) mass is 330 g/mol. The van der Waals surface area contributed by atoms with E-state index in [-0.39, 0.29) is 23.7 Å². The summed E-state index contributed by atoms with van der Waals surface area (Å²) < 4.78 is 18.9. The number of ether oxygens (including phenoxy) is 1. The molecule has 6 heteroatoms. The Bertz CT molecular complexity index is 496. The van der Waals surface area contributed by atoms with Crippen LogP contribution in [-0.4, -0.2) is 25.2 Å². The van der Waals surface area contributed by atoms with Gasteiger partial charge in [-0.3, -0.25) is 4.79 Å². The normalized spacial score (nSPS) is 22.5. The van der Waals surface area contributed by atoms with Crippen LogP contribution in [0.25, 0.3) is 0 Å². The Balaban J connectivity index is 2.06. The van der Waals surface area contributed by atoms with Crippen molar-refractivity contribution in [2.75, 3.05) is 12.8 Å². The first kappa shape index (κ1) is 14.3. The number of hydrogen-bond acceptors (Lipinski definition) is 3. The summed E-state index contributed by atoms with van der Waals surface area (Å²) in [5.74, 6) is -0.788. The Morgan fingerprint density at radius 1 is 1.53 bits per heavy atom. The second-order valence-electron chi connectivity index (χ2n) is 4.69. The van der Waals surface area contributed by atoms with Crippen molar-refractivity contribution in [1.29, 1.82) is 0 Å². The molecule has 1 fully saturated rings. The van der Waals surface area contributed by atoms with Gasteiger partial charge < -0.3 is 15.8 Å². The highest BCUT2D eigenvalue weighted by Gasteiger charge is 2.26. The highest BCUT2D eigenvalue weighted by molar-refractivity contribution is 9.10. The van der Waals surface area contributed by atoms with Crippen LogP contribution in [0.3, 0.4) is 0 Å². The van der Waals surface area contributed by atoms with Crippen molar-refractivity contribution >= 4 is 27.5 Å². The zero-order valence-electron chi connectivity index (χ0n) is 10.6. The number of hydrogen-bond donors (Lipinski definition) is 2. The fraction of sp³-hybridized carbons (Fsp3) is 0.462. The summed E-state index contributed by atoms with van der Waals surface area (Å²) >= 11 is 3.18. The van der Waals surface area contributed by atoms with E-state index in [2.05, 4.69) is 21.2 Å². The van der Waals surface area contributed by atoms with Crippen LogP contribution in [0.4, 0.5) is 10.1 Å². The van der Waals surface area contributed by atoms with Crippen molar-refractivity contribution in [1.82, 2.24) is 5.32 Å². The van der Waals surface area contributed by atoms with Crippen LogP contribution in [-0.2, 0) is 4.74 Å². The maximum atomic E-state index is 13.2.